The monoisotopic (exact) mass is 612 g/mol. The van der Waals surface area contributed by atoms with Crippen molar-refractivity contribution in [3.8, 4) is 50.6 Å². The molecule has 9 aromatic rings. The lowest BCUT2D eigenvalue weighted by Crippen LogP contribution is -1.82. The Labute approximate surface area is 276 Å². The van der Waals surface area contributed by atoms with Crippen LogP contribution in [0.25, 0.3) is 93.2 Å². The first kappa shape index (κ1) is 27.4. The first-order chi connectivity index (χ1) is 23.6. The fraction of sp³-hybridized carbons (Fsp3) is 0. The van der Waals surface area contributed by atoms with E-state index in [1.165, 1.54) is 0 Å². The molecule has 0 saturated heterocycles. The standard InChI is InChI=1S/C44H24N2O2/c1-46-36-7-3-6-33(23-36)29-10-14-31(15-11-29)35-17-21-42-40(25-35)38-19-18-37-39-24-34(16-20-41(39)47-43(37)44(38)48-42)30-12-8-28(9-13-30)32-5-2-4-27(22-32)26-45/h2-25H. The predicted molar refractivity (Wildman–Crippen MR) is 194 cm³/mol. The van der Waals surface area contributed by atoms with Gasteiger partial charge in [-0.2, -0.15) is 5.26 Å². The summed E-state index contributed by atoms with van der Waals surface area (Å²) in [5.41, 5.74) is 13.0. The molecule has 0 amide bonds. The zero-order valence-corrected chi connectivity index (χ0v) is 25.6. The molecule has 4 nitrogen and oxygen atoms in total. The summed E-state index contributed by atoms with van der Waals surface area (Å²) in [7, 11) is 0. The van der Waals surface area contributed by atoms with Crippen molar-refractivity contribution in [1.82, 2.24) is 0 Å². The maximum atomic E-state index is 9.28. The summed E-state index contributed by atoms with van der Waals surface area (Å²) < 4.78 is 12.9. The highest BCUT2D eigenvalue weighted by atomic mass is 16.4. The van der Waals surface area contributed by atoms with Gasteiger partial charge < -0.3 is 8.83 Å². The molecule has 2 heterocycles. The Bertz CT molecular complexity index is 2590. The number of hydrogen-bond acceptors (Lipinski definition) is 3. The quantitative estimate of drug-likeness (QED) is 0.186. The molecule has 0 radical (unpaired) electrons. The molecular weight excluding hydrogens is 588 g/mol. The first-order valence-corrected chi connectivity index (χ1v) is 15.7. The average molecular weight is 613 g/mol. The largest absolute Gasteiger partial charge is 0.452 e. The molecule has 48 heavy (non-hydrogen) atoms. The third-order valence-electron chi connectivity index (χ3n) is 9.15. The van der Waals surface area contributed by atoms with E-state index < -0.39 is 0 Å². The van der Waals surface area contributed by atoms with Crippen molar-refractivity contribution in [3.63, 3.8) is 0 Å². The number of furan rings is 2. The van der Waals surface area contributed by atoms with Gasteiger partial charge in [0.15, 0.2) is 16.9 Å². The van der Waals surface area contributed by atoms with Crippen molar-refractivity contribution >= 4 is 49.6 Å². The minimum atomic E-state index is 0.638. The predicted octanol–water partition coefficient (Wildman–Crippen LogP) is 12.6. The number of nitrogens with zero attached hydrogens (tertiary/aromatic N) is 2. The zero-order chi connectivity index (χ0) is 32.2. The molecule has 2 aromatic heterocycles. The van der Waals surface area contributed by atoms with Crippen molar-refractivity contribution in [3.05, 3.63) is 163 Å². The SMILES string of the molecule is [C-]#[N+]c1cccc(-c2ccc(-c3ccc4oc5c(ccc6c7cc(-c8ccc(-c9cccc(C#N)c9)cc8)ccc7oc65)c4c3)cc2)c1. The lowest BCUT2D eigenvalue weighted by atomic mass is 9.98. The Kier molecular flexibility index (Phi) is 6.22. The van der Waals surface area contributed by atoms with E-state index in [1.807, 2.05) is 60.7 Å². The summed E-state index contributed by atoms with van der Waals surface area (Å²) >= 11 is 0. The van der Waals surface area contributed by atoms with E-state index in [4.69, 9.17) is 15.4 Å². The first-order valence-electron chi connectivity index (χ1n) is 15.7. The number of fused-ring (bicyclic) bond motifs is 7. The Morgan fingerprint density at radius 3 is 1.35 bits per heavy atom. The van der Waals surface area contributed by atoms with Crippen molar-refractivity contribution in [2.45, 2.75) is 0 Å². The van der Waals surface area contributed by atoms with E-state index in [1.54, 1.807) is 0 Å². The van der Waals surface area contributed by atoms with Gasteiger partial charge in [0.25, 0.3) is 0 Å². The van der Waals surface area contributed by atoms with Crippen LogP contribution in [0, 0.1) is 17.9 Å². The highest BCUT2D eigenvalue weighted by Gasteiger charge is 2.17. The molecule has 0 saturated carbocycles. The van der Waals surface area contributed by atoms with Crippen molar-refractivity contribution in [2.24, 2.45) is 0 Å². The molecule has 7 aromatic carbocycles. The molecule has 0 atom stereocenters. The van der Waals surface area contributed by atoms with E-state index >= 15 is 0 Å². The molecule has 222 valence electrons. The van der Waals surface area contributed by atoms with Crippen LogP contribution < -0.4 is 0 Å². The summed E-state index contributed by atoms with van der Waals surface area (Å²) in [6.07, 6.45) is 0. The summed E-state index contributed by atoms with van der Waals surface area (Å²) in [5.74, 6) is 0. The topological polar surface area (TPSA) is 54.4 Å². The second-order valence-electron chi connectivity index (χ2n) is 12.0. The Hall–Kier alpha value is -6.88. The fourth-order valence-corrected chi connectivity index (χ4v) is 6.66. The highest BCUT2D eigenvalue weighted by Crippen LogP contribution is 2.41. The molecule has 4 heteroatoms. The fourth-order valence-electron chi connectivity index (χ4n) is 6.66. The third kappa shape index (κ3) is 4.52. The molecule has 0 unspecified atom stereocenters. The molecule has 0 aliphatic rings. The summed E-state index contributed by atoms with van der Waals surface area (Å²) in [6.45, 7) is 7.32. The van der Waals surface area contributed by atoms with Crippen LogP contribution in [0.1, 0.15) is 5.56 Å². The van der Waals surface area contributed by atoms with Gasteiger partial charge in [0.2, 0.25) is 0 Å². The maximum Gasteiger partial charge on any atom is 0.187 e. The van der Waals surface area contributed by atoms with E-state index in [9.17, 15) is 5.26 Å². The van der Waals surface area contributed by atoms with E-state index in [-0.39, 0.29) is 0 Å². The number of hydrogen-bond donors (Lipinski definition) is 0. The average Bonchev–Trinajstić information content (AvgIpc) is 3.73. The van der Waals surface area contributed by atoms with Crippen molar-refractivity contribution in [1.29, 1.82) is 5.26 Å². The Balaban J connectivity index is 1.07. The van der Waals surface area contributed by atoms with Crippen LogP contribution in [-0.2, 0) is 0 Å². The van der Waals surface area contributed by atoms with Gasteiger partial charge in [-0.05, 0) is 99.1 Å². The molecule has 0 fully saturated rings. The van der Waals surface area contributed by atoms with Crippen LogP contribution in [-0.4, -0.2) is 0 Å². The Morgan fingerprint density at radius 2 is 0.875 bits per heavy atom. The van der Waals surface area contributed by atoms with Crippen LogP contribution >= 0.6 is 0 Å². The van der Waals surface area contributed by atoms with Gasteiger partial charge in [-0.15, -0.1) is 0 Å². The van der Waals surface area contributed by atoms with Crippen LogP contribution in [0.4, 0.5) is 5.69 Å². The lowest BCUT2D eigenvalue weighted by Gasteiger charge is -2.06. The Morgan fingerprint density at radius 1 is 0.438 bits per heavy atom. The van der Waals surface area contributed by atoms with Gasteiger partial charge in [-0.1, -0.05) is 91.0 Å². The van der Waals surface area contributed by atoms with Gasteiger partial charge in [-0.3, -0.25) is 0 Å². The number of nitriles is 1. The molecule has 9 rings (SSSR count). The van der Waals surface area contributed by atoms with Crippen LogP contribution in [0.2, 0.25) is 0 Å². The number of benzene rings is 7. The van der Waals surface area contributed by atoms with Gasteiger partial charge in [0.1, 0.15) is 11.2 Å². The second-order valence-corrected chi connectivity index (χ2v) is 12.0. The van der Waals surface area contributed by atoms with Crippen molar-refractivity contribution < 1.29 is 8.83 Å². The summed E-state index contributed by atoms with van der Waals surface area (Å²) in [5, 5.41) is 13.4. The van der Waals surface area contributed by atoms with Gasteiger partial charge >= 0.3 is 0 Å². The van der Waals surface area contributed by atoms with Gasteiger partial charge in [-0.25, -0.2) is 4.85 Å². The maximum absolute atomic E-state index is 9.28. The second kappa shape index (κ2) is 10.9. The van der Waals surface area contributed by atoms with Crippen LogP contribution in [0.3, 0.4) is 0 Å². The normalized spacial score (nSPS) is 11.3. The van der Waals surface area contributed by atoms with Crippen LogP contribution in [0.15, 0.2) is 154 Å². The third-order valence-corrected chi connectivity index (χ3v) is 9.15. The minimum Gasteiger partial charge on any atom is -0.452 e. The molecule has 0 bridgehead atoms. The van der Waals surface area contributed by atoms with E-state index in [0.717, 1.165) is 88.4 Å². The molecule has 0 spiro atoms. The van der Waals surface area contributed by atoms with E-state index in [0.29, 0.717) is 11.3 Å². The van der Waals surface area contributed by atoms with Crippen molar-refractivity contribution in [2.75, 3.05) is 0 Å². The highest BCUT2D eigenvalue weighted by molar-refractivity contribution is 6.19. The van der Waals surface area contributed by atoms with Crippen LogP contribution in [0.5, 0.6) is 0 Å². The number of rotatable bonds is 4. The van der Waals surface area contributed by atoms with Gasteiger partial charge in [0.05, 0.1) is 18.2 Å². The molecule has 0 N–H and O–H groups in total. The summed E-state index contributed by atoms with van der Waals surface area (Å²) in [6, 6.07) is 51.3. The molecular formula is C44H24N2O2. The lowest BCUT2D eigenvalue weighted by molar-refractivity contribution is 0.633. The minimum absolute atomic E-state index is 0.638. The molecule has 0 aliphatic carbocycles. The zero-order valence-electron chi connectivity index (χ0n) is 25.6. The van der Waals surface area contributed by atoms with E-state index in [2.05, 4.69) is 95.8 Å². The smallest absolute Gasteiger partial charge is 0.187 e. The molecule has 0 aliphatic heterocycles. The van der Waals surface area contributed by atoms with Gasteiger partial charge in [0, 0.05) is 21.5 Å². The summed E-state index contributed by atoms with van der Waals surface area (Å²) in [4.78, 5) is 3.56.